The van der Waals surface area contributed by atoms with Crippen molar-refractivity contribution in [3.8, 4) is 0 Å². The normalized spacial score (nSPS) is 17.0. The van der Waals surface area contributed by atoms with E-state index in [-0.39, 0.29) is 11.9 Å². The second-order valence-corrected chi connectivity index (χ2v) is 6.58. The lowest BCUT2D eigenvalue weighted by molar-refractivity contribution is -0.133. The Hall–Kier alpha value is -2.07. The molecule has 1 aliphatic heterocycles. The van der Waals surface area contributed by atoms with Crippen LogP contribution in [0.3, 0.4) is 0 Å². The largest absolute Gasteiger partial charge is 0.363 e. The van der Waals surface area contributed by atoms with E-state index < -0.39 is 0 Å². The Morgan fingerprint density at radius 3 is 2.42 bits per heavy atom. The van der Waals surface area contributed by atoms with Crippen molar-refractivity contribution in [1.82, 2.24) is 9.80 Å². The van der Waals surface area contributed by atoms with Gasteiger partial charge in [-0.15, -0.1) is 0 Å². The van der Waals surface area contributed by atoms with Gasteiger partial charge in [0.15, 0.2) is 0 Å². The fraction of sp³-hybridized carbons (Fsp3) is 0.450. The SMILES string of the molecule is CCN1CCN(C(=O)C(C)N(C)c2ccc3ccccc3c2)CC1. The highest BCUT2D eigenvalue weighted by Crippen LogP contribution is 2.23. The van der Waals surface area contributed by atoms with E-state index in [1.54, 1.807) is 0 Å². The fourth-order valence-corrected chi connectivity index (χ4v) is 3.33. The van der Waals surface area contributed by atoms with Crippen molar-refractivity contribution in [3.05, 3.63) is 42.5 Å². The number of hydrogen-bond donors (Lipinski definition) is 0. The molecule has 2 aromatic carbocycles. The number of piperazine rings is 1. The monoisotopic (exact) mass is 325 g/mol. The first kappa shape index (κ1) is 16.8. The van der Waals surface area contributed by atoms with E-state index in [0.29, 0.717) is 0 Å². The van der Waals surface area contributed by atoms with Gasteiger partial charge >= 0.3 is 0 Å². The predicted octanol–water partition coefficient (Wildman–Crippen LogP) is 2.83. The molecule has 0 spiro atoms. The van der Waals surface area contributed by atoms with Crippen LogP contribution in [0.5, 0.6) is 0 Å². The molecule has 1 amide bonds. The van der Waals surface area contributed by atoms with Gasteiger partial charge in [-0.25, -0.2) is 0 Å². The molecule has 128 valence electrons. The van der Waals surface area contributed by atoms with Crippen molar-refractivity contribution >= 4 is 22.4 Å². The zero-order valence-electron chi connectivity index (χ0n) is 14.9. The number of carbonyl (C=O) groups excluding carboxylic acids is 1. The average molecular weight is 325 g/mol. The molecule has 4 nitrogen and oxygen atoms in total. The molecule has 24 heavy (non-hydrogen) atoms. The maximum absolute atomic E-state index is 12.8. The zero-order chi connectivity index (χ0) is 17.1. The van der Waals surface area contributed by atoms with Crippen molar-refractivity contribution in [1.29, 1.82) is 0 Å². The molecule has 1 unspecified atom stereocenters. The van der Waals surface area contributed by atoms with Crippen LogP contribution < -0.4 is 4.90 Å². The molecule has 1 heterocycles. The van der Waals surface area contributed by atoms with Crippen LogP contribution in [0.4, 0.5) is 5.69 Å². The summed E-state index contributed by atoms with van der Waals surface area (Å²) >= 11 is 0. The predicted molar refractivity (Wildman–Crippen MR) is 101 cm³/mol. The lowest BCUT2D eigenvalue weighted by Crippen LogP contribution is -2.53. The molecule has 0 saturated carbocycles. The Labute approximate surface area is 144 Å². The summed E-state index contributed by atoms with van der Waals surface area (Å²) in [4.78, 5) is 19.3. The summed E-state index contributed by atoms with van der Waals surface area (Å²) in [6, 6.07) is 14.6. The van der Waals surface area contributed by atoms with Gasteiger partial charge in [-0.05, 0) is 36.4 Å². The molecule has 4 heteroatoms. The van der Waals surface area contributed by atoms with Crippen LogP contribution in [-0.2, 0) is 4.79 Å². The van der Waals surface area contributed by atoms with Crippen molar-refractivity contribution in [2.75, 3.05) is 44.7 Å². The van der Waals surface area contributed by atoms with Crippen LogP contribution in [0.25, 0.3) is 10.8 Å². The van der Waals surface area contributed by atoms with Crippen molar-refractivity contribution in [3.63, 3.8) is 0 Å². The van der Waals surface area contributed by atoms with Crippen molar-refractivity contribution < 1.29 is 4.79 Å². The third-order valence-electron chi connectivity index (χ3n) is 5.21. The minimum Gasteiger partial charge on any atom is -0.363 e. The molecule has 1 fully saturated rings. The average Bonchev–Trinajstić information content (AvgIpc) is 2.66. The van der Waals surface area contributed by atoms with E-state index in [1.165, 1.54) is 10.8 Å². The molecule has 0 aliphatic carbocycles. The summed E-state index contributed by atoms with van der Waals surface area (Å²) in [7, 11) is 2.01. The Bertz CT molecular complexity index is 707. The zero-order valence-corrected chi connectivity index (χ0v) is 14.9. The standard InChI is InChI=1S/C20H27N3O/c1-4-22-11-13-23(14-12-22)20(24)16(2)21(3)19-10-9-17-7-5-6-8-18(17)15-19/h5-10,15-16H,4,11-14H2,1-3H3. The molecule has 2 aromatic rings. The van der Waals surface area contributed by atoms with E-state index in [9.17, 15) is 4.79 Å². The molecule has 1 atom stereocenters. The van der Waals surface area contributed by atoms with Crippen molar-refractivity contribution in [2.45, 2.75) is 19.9 Å². The topological polar surface area (TPSA) is 26.8 Å². The maximum atomic E-state index is 12.8. The lowest BCUT2D eigenvalue weighted by atomic mass is 10.1. The number of benzene rings is 2. The fourth-order valence-electron chi connectivity index (χ4n) is 3.33. The molecular formula is C20H27N3O. The van der Waals surface area contributed by atoms with Gasteiger partial charge in [0, 0.05) is 38.9 Å². The summed E-state index contributed by atoms with van der Waals surface area (Å²) in [5.41, 5.74) is 1.08. The number of rotatable bonds is 4. The molecule has 1 saturated heterocycles. The van der Waals surface area contributed by atoms with Gasteiger partial charge in [-0.2, -0.15) is 0 Å². The van der Waals surface area contributed by atoms with Gasteiger partial charge in [-0.3, -0.25) is 4.79 Å². The Morgan fingerprint density at radius 1 is 1.08 bits per heavy atom. The van der Waals surface area contributed by atoms with Crippen LogP contribution in [0.1, 0.15) is 13.8 Å². The molecular weight excluding hydrogens is 298 g/mol. The molecule has 0 radical (unpaired) electrons. The van der Waals surface area contributed by atoms with E-state index in [2.05, 4.69) is 47.1 Å². The second kappa shape index (κ2) is 7.22. The minimum atomic E-state index is -0.153. The van der Waals surface area contributed by atoms with Gasteiger partial charge < -0.3 is 14.7 Å². The third-order valence-corrected chi connectivity index (χ3v) is 5.21. The number of carbonyl (C=O) groups is 1. The van der Waals surface area contributed by atoms with Crippen LogP contribution >= 0.6 is 0 Å². The third kappa shape index (κ3) is 3.39. The van der Waals surface area contributed by atoms with Crippen LogP contribution in [0.2, 0.25) is 0 Å². The molecule has 1 aliphatic rings. The van der Waals surface area contributed by atoms with Gasteiger partial charge in [0.2, 0.25) is 5.91 Å². The number of likely N-dealkylation sites (N-methyl/N-ethyl adjacent to an activating group) is 2. The highest BCUT2D eigenvalue weighted by atomic mass is 16.2. The van der Waals surface area contributed by atoms with Gasteiger partial charge in [0.1, 0.15) is 6.04 Å². The minimum absolute atomic E-state index is 0.153. The number of fused-ring (bicyclic) bond motifs is 1. The lowest BCUT2D eigenvalue weighted by Gasteiger charge is -2.37. The summed E-state index contributed by atoms with van der Waals surface area (Å²) in [5.74, 6) is 0.224. The van der Waals surface area contributed by atoms with Crippen LogP contribution in [0, 0.1) is 0 Å². The Balaban J connectivity index is 1.71. The first-order chi connectivity index (χ1) is 11.6. The van der Waals surface area contributed by atoms with Crippen LogP contribution in [-0.4, -0.2) is 61.5 Å². The molecule has 3 rings (SSSR count). The maximum Gasteiger partial charge on any atom is 0.245 e. The first-order valence-electron chi connectivity index (χ1n) is 8.83. The number of anilines is 1. The summed E-state index contributed by atoms with van der Waals surface area (Å²) in [6.45, 7) is 8.88. The number of hydrogen-bond acceptors (Lipinski definition) is 3. The van der Waals surface area contributed by atoms with Gasteiger partial charge in [-0.1, -0.05) is 37.3 Å². The summed E-state index contributed by atoms with van der Waals surface area (Å²) in [5, 5.41) is 2.43. The summed E-state index contributed by atoms with van der Waals surface area (Å²) < 4.78 is 0. The van der Waals surface area contributed by atoms with E-state index >= 15 is 0 Å². The van der Waals surface area contributed by atoms with E-state index in [1.807, 2.05) is 31.0 Å². The highest BCUT2D eigenvalue weighted by molar-refractivity contribution is 5.88. The Morgan fingerprint density at radius 2 is 1.75 bits per heavy atom. The van der Waals surface area contributed by atoms with Gasteiger partial charge in [0.05, 0.1) is 0 Å². The van der Waals surface area contributed by atoms with Crippen LogP contribution in [0.15, 0.2) is 42.5 Å². The quantitative estimate of drug-likeness (QED) is 0.865. The van der Waals surface area contributed by atoms with E-state index in [4.69, 9.17) is 0 Å². The second-order valence-electron chi connectivity index (χ2n) is 6.58. The molecule has 0 aromatic heterocycles. The van der Waals surface area contributed by atoms with Gasteiger partial charge in [0.25, 0.3) is 0 Å². The Kier molecular flexibility index (Phi) is 5.05. The van der Waals surface area contributed by atoms with Crippen molar-refractivity contribution in [2.24, 2.45) is 0 Å². The van der Waals surface area contributed by atoms with E-state index in [0.717, 1.165) is 38.4 Å². The molecule has 0 N–H and O–H groups in total. The summed E-state index contributed by atoms with van der Waals surface area (Å²) in [6.07, 6.45) is 0. The highest BCUT2D eigenvalue weighted by Gasteiger charge is 2.26. The first-order valence-corrected chi connectivity index (χ1v) is 8.83. The molecule has 0 bridgehead atoms. The number of amides is 1. The number of nitrogens with zero attached hydrogens (tertiary/aromatic N) is 3. The smallest absolute Gasteiger partial charge is 0.245 e.